The van der Waals surface area contributed by atoms with Crippen LogP contribution in [0.1, 0.15) is 25.0 Å². The molecule has 0 atom stereocenters. The third kappa shape index (κ3) is 5.33. The van der Waals surface area contributed by atoms with Gasteiger partial charge < -0.3 is 0 Å². The first-order valence-electron chi connectivity index (χ1n) is 19.7. The molecule has 1 heterocycles. The molecule has 0 unspecified atom stereocenters. The van der Waals surface area contributed by atoms with E-state index in [0.717, 1.165) is 28.1 Å². The Balaban J connectivity index is 1.35. The predicted molar refractivity (Wildman–Crippen MR) is 241 cm³/mol. The quantitative estimate of drug-likeness (QED) is 0.181. The van der Waals surface area contributed by atoms with Crippen LogP contribution in [-0.2, 0) is 5.41 Å². The van der Waals surface area contributed by atoms with E-state index in [1.165, 1.54) is 76.1 Å². The molecule has 11 rings (SSSR count). The maximum atomic E-state index is 5.29. The zero-order chi connectivity index (χ0) is 38.1. The second-order valence-electron chi connectivity index (χ2n) is 15.7. The van der Waals surface area contributed by atoms with E-state index in [9.17, 15) is 0 Å². The first-order chi connectivity index (χ1) is 28.0. The summed E-state index contributed by atoms with van der Waals surface area (Å²) >= 11 is 0. The van der Waals surface area contributed by atoms with Gasteiger partial charge in [-0.15, -0.1) is 0 Å². The molecule has 0 bridgehead atoms. The van der Waals surface area contributed by atoms with Crippen molar-refractivity contribution >= 4 is 53.9 Å². The van der Waals surface area contributed by atoms with Gasteiger partial charge in [0.15, 0.2) is 5.82 Å². The smallest absolute Gasteiger partial charge is 0.160 e. The Morgan fingerprint density at radius 2 is 0.737 bits per heavy atom. The fraction of sp³-hybridized carbons (Fsp3) is 0.0545. The van der Waals surface area contributed by atoms with Crippen LogP contribution in [0, 0.1) is 0 Å². The third-order valence-corrected chi connectivity index (χ3v) is 12.1. The lowest BCUT2D eigenvalue weighted by Crippen LogP contribution is -2.14. The van der Waals surface area contributed by atoms with Crippen molar-refractivity contribution in [1.29, 1.82) is 0 Å². The number of benzene rings is 8. The average Bonchev–Trinajstić information content (AvgIpc) is 3.51. The van der Waals surface area contributed by atoms with Crippen LogP contribution in [0.3, 0.4) is 0 Å². The molecule has 0 fully saturated rings. The van der Waals surface area contributed by atoms with Gasteiger partial charge in [-0.05, 0) is 100 Å². The van der Waals surface area contributed by atoms with E-state index in [4.69, 9.17) is 9.97 Å². The molecular weight excluding hydrogens is 689 g/mol. The summed E-state index contributed by atoms with van der Waals surface area (Å²) in [5.74, 6) is 0.708. The van der Waals surface area contributed by atoms with E-state index in [0.29, 0.717) is 5.82 Å². The van der Waals surface area contributed by atoms with Crippen molar-refractivity contribution in [2.75, 3.05) is 0 Å². The molecule has 2 heteroatoms. The molecule has 1 aliphatic carbocycles. The van der Waals surface area contributed by atoms with E-state index in [1.54, 1.807) is 0 Å². The largest absolute Gasteiger partial charge is 0.228 e. The fourth-order valence-electron chi connectivity index (χ4n) is 9.28. The molecule has 1 aliphatic rings. The zero-order valence-electron chi connectivity index (χ0n) is 31.9. The van der Waals surface area contributed by atoms with Crippen LogP contribution in [0.25, 0.3) is 98.9 Å². The number of fused-ring (bicyclic) bond motifs is 13. The highest BCUT2D eigenvalue weighted by Gasteiger charge is 2.35. The highest BCUT2D eigenvalue weighted by Crippen LogP contribution is 2.51. The minimum atomic E-state index is -0.150. The Bertz CT molecular complexity index is 3250. The molecule has 1 aromatic heterocycles. The molecular formula is C55H38N2. The second kappa shape index (κ2) is 13.0. The van der Waals surface area contributed by atoms with Gasteiger partial charge in [0.2, 0.25) is 0 Å². The highest BCUT2D eigenvalue weighted by atomic mass is 14.9. The lowest BCUT2D eigenvalue weighted by molar-refractivity contribution is 0.661. The van der Waals surface area contributed by atoms with E-state index < -0.39 is 0 Å². The van der Waals surface area contributed by atoms with Crippen LogP contribution in [0.15, 0.2) is 194 Å². The molecule has 0 N–H and O–H groups in total. The fourth-order valence-corrected chi connectivity index (χ4v) is 9.28. The van der Waals surface area contributed by atoms with Gasteiger partial charge in [-0.25, -0.2) is 9.97 Å². The normalized spacial score (nSPS) is 12.9. The molecule has 0 saturated heterocycles. The SMILES string of the molecule is CC1(C)c2ccccc2-c2cc3c4cc(-c5cc(-c6ccccc6)nc(-c6ccccc6)n5)ccc4c4ccccc4c4ccccc4c4ccccc4c3cc21. The predicted octanol–water partition coefficient (Wildman–Crippen LogP) is 14.7. The summed E-state index contributed by atoms with van der Waals surface area (Å²) in [6.07, 6.45) is 0. The summed E-state index contributed by atoms with van der Waals surface area (Å²) in [7, 11) is 0. The number of nitrogens with zero attached hydrogens (tertiary/aromatic N) is 2. The molecule has 0 amide bonds. The summed E-state index contributed by atoms with van der Waals surface area (Å²) in [4.78, 5) is 10.4. The van der Waals surface area contributed by atoms with Crippen molar-refractivity contribution in [3.63, 3.8) is 0 Å². The van der Waals surface area contributed by atoms with E-state index in [2.05, 4.69) is 184 Å². The number of rotatable bonds is 3. The lowest BCUT2D eigenvalue weighted by atomic mass is 9.81. The molecule has 0 saturated carbocycles. The van der Waals surface area contributed by atoms with Crippen molar-refractivity contribution in [2.45, 2.75) is 19.3 Å². The van der Waals surface area contributed by atoms with Crippen molar-refractivity contribution in [3.05, 3.63) is 205 Å². The Morgan fingerprint density at radius 3 is 1.33 bits per heavy atom. The molecule has 2 nitrogen and oxygen atoms in total. The van der Waals surface area contributed by atoms with Crippen LogP contribution >= 0.6 is 0 Å². The van der Waals surface area contributed by atoms with Gasteiger partial charge in [0, 0.05) is 22.1 Å². The number of hydrogen-bond donors (Lipinski definition) is 0. The monoisotopic (exact) mass is 726 g/mol. The van der Waals surface area contributed by atoms with Crippen molar-refractivity contribution < 1.29 is 0 Å². The maximum absolute atomic E-state index is 5.29. The lowest BCUT2D eigenvalue weighted by Gasteiger charge is -2.22. The van der Waals surface area contributed by atoms with Gasteiger partial charge in [-0.2, -0.15) is 0 Å². The zero-order valence-corrected chi connectivity index (χ0v) is 31.9. The van der Waals surface area contributed by atoms with Crippen LogP contribution in [0.4, 0.5) is 0 Å². The summed E-state index contributed by atoms with van der Waals surface area (Å²) in [6, 6.07) is 70.5. The van der Waals surface area contributed by atoms with Gasteiger partial charge in [-0.1, -0.05) is 184 Å². The van der Waals surface area contributed by atoms with Crippen molar-refractivity contribution in [1.82, 2.24) is 9.97 Å². The minimum absolute atomic E-state index is 0.150. The first-order valence-corrected chi connectivity index (χ1v) is 19.7. The van der Waals surface area contributed by atoms with Crippen LogP contribution in [0.2, 0.25) is 0 Å². The Hall–Kier alpha value is -7.16. The summed E-state index contributed by atoms with van der Waals surface area (Å²) in [5, 5.41) is 12.1. The van der Waals surface area contributed by atoms with Gasteiger partial charge >= 0.3 is 0 Å². The molecule has 0 aliphatic heterocycles. The van der Waals surface area contributed by atoms with Gasteiger partial charge in [0.05, 0.1) is 11.4 Å². The maximum Gasteiger partial charge on any atom is 0.160 e. The Labute approximate surface area is 332 Å². The molecule has 0 radical (unpaired) electrons. The van der Waals surface area contributed by atoms with Crippen molar-refractivity contribution in [2.24, 2.45) is 0 Å². The van der Waals surface area contributed by atoms with Gasteiger partial charge in [0.25, 0.3) is 0 Å². The van der Waals surface area contributed by atoms with E-state index >= 15 is 0 Å². The first kappa shape index (κ1) is 33.2. The standard InChI is InChI=1S/C55H38N2/c1-55(2)50-28-16-15-27-45(50)49-32-47-46-31-37(53-34-52(35-17-5-3-6-18-35)56-54(57-53)36-19-7-4-8-20-36)29-30-44(46)42-25-12-11-23-40(42)38-21-9-10-22-39(38)41-24-13-14-26-43(41)48(47)33-51(49)55/h3-34H,1-2H3. The molecule has 0 spiro atoms. The molecule has 10 aromatic rings. The topological polar surface area (TPSA) is 25.8 Å². The molecule has 268 valence electrons. The van der Waals surface area contributed by atoms with Crippen LogP contribution < -0.4 is 0 Å². The van der Waals surface area contributed by atoms with E-state index in [1.807, 2.05) is 24.3 Å². The summed E-state index contributed by atoms with van der Waals surface area (Å²) in [6.45, 7) is 4.75. The van der Waals surface area contributed by atoms with Crippen molar-refractivity contribution in [3.8, 4) is 45.0 Å². The third-order valence-electron chi connectivity index (χ3n) is 12.1. The second-order valence-corrected chi connectivity index (χ2v) is 15.7. The van der Waals surface area contributed by atoms with Crippen LogP contribution in [0.5, 0.6) is 0 Å². The number of aromatic nitrogens is 2. The number of hydrogen-bond acceptors (Lipinski definition) is 2. The Morgan fingerprint density at radius 1 is 0.298 bits per heavy atom. The molecule has 57 heavy (non-hydrogen) atoms. The van der Waals surface area contributed by atoms with Gasteiger partial charge in [-0.3, -0.25) is 0 Å². The Kier molecular flexibility index (Phi) is 7.55. The minimum Gasteiger partial charge on any atom is -0.228 e. The highest BCUT2D eigenvalue weighted by molar-refractivity contribution is 6.27. The summed E-state index contributed by atoms with van der Waals surface area (Å²) in [5.41, 5.74) is 10.1. The average molecular weight is 727 g/mol. The summed E-state index contributed by atoms with van der Waals surface area (Å²) < 4.78 is 0. The molecule has 9 aromatic carbocycles. The van der Waals surface area contributed by atoms with Crippen LogP contribution in [-0.4, -0.2) is 9.97 Å². The van der Waals surface area contributed by atoms with Gasteiger partial charge in [0.1, 0.15) is 0 Å². The van der Waals surface area contributed by atoms with E-state index in [-0.39, 0.29) is 5.41 Å².